The number of benzene rings is 1. The lowest BCUT2D eigenvalue weighted by atomic mass is 10.1. The molecule has 3 rings (SSSR count). The summed E-state index contributed by atoms with van der Waals surface area (Å²) < 4.78 is 5.30. The van der Waals surface area contributed by atoms with Crippen molar-refractivity contribution < 1.29 is 4.52 Å². The number of rotatable bonds is 6. The second kappa shape index (κ2) is 11.5. The highest BCUT2D eigenvalue weighted by Gasteiger charge is 2.19. The Morgan fingerprint density at radius 2 is 2.00 bits per heavy atom. The zero-order chi connectivity index (χ0) is 19.9. The van der Waals surface area contributed by atoms with Crippen LogP contribution in [-0.4, -0.2) is 65.7 Å². The smallest absolute Gasteiger partial charge is 0.228 e. The first-order valence-corrected chi connectivity index (χ1v) is 10.1. The van der Waals surface area contributed by atoms with Gasteiger partial charge in [0.1, 0.15) is 0 Å². The van der Waals surface area contributed by atoms with Crippen molar-refractivity contribution in [2.24, 2.45) is 4.99 Å². The molecule has 0 saturated carbocycles. The fourth-order valence-corrected chi connectivity index (χ4v) is 3.40. The molecule has 0 unspecified atom stereocenters. The Kier molecular flexibility index (Phi) is 9.35. The second-order valence-electron chi connectivity index (χ2n) is 7.68. The number of halogens is 1. The van der Waals surface area contributed by atoms with E-state index < -0.39 is 0 Å². The number of nitrogens with zero attached hydrogens (tertiary/aromatic N) is 5. The van der Waals surface area contributed by atoms with Crippen LogP contribution in [0.3, 0.4) is 0 Å². The van der Waals surface area contributed by atoms with E-state index in [2.05, 4.69) is 75.3 Å². The summed E-state index contributed by atoms with van der Waals surface area (Å²) in [5.74, 6) is 2.67. The van der Waals surface area contributed by atoms with Gasteiger partial charge in [-0.2, -0.15) is 4.98 Å². The number of aryl methyl sites for hydroxylation is 1. The maximum Gasteiger partial charge on any atom is 0.228 e. The third-order valence-electron chi connectivity index (χ3n) is 4.99. The third kappa shape index (κ3) is 6.95. The van der Waals surface area contributed by atoms with Gasteiger partial charge in [0.15, 0.2) is 11.8 Å². The minimum absolute atomic E-state index is 0. The van der Waals surface area contributed by atoms with Crippen molar-refractivity contribution in [3.8, 4) is 0 Å². The Labute approximate surface area is 191 Å². The van der Waals surface area contributed by atoms with Crippen LogP contribution in [0.1, 0.15) is 42.6 Å². The van der Waals surface area contributed by atoms with Crippen LogP contribution < -0.4 is 5.32 Å². The Morgan fingerprint density at radius 3 is 2.62 bits per heavy atom. The lowest BCUT2D eigenvalue weighted by Gasteiger charge is -2.36. The van der Waals surface area contributed by atoms with Crippen molar-refractivity contribution in [1.29, 1.82) is 0 Å². The van der Waals surface area contributed by atoms with Gasteiger partial charge in [0.25, 0.3) is 0 Å². The monoisotopic (exact) mass is 512 g/mol. The van der Waals surface area contributed by atoms with E-state index in [1.54, 1.807) is 0 Å². The second-order valence-corrected chi connectivity index (χ2v) is 7.68. The van der Waals surface area contributed by atoms with E-state index >= 15 is 0 Å². The standard InChI is InChI=1S/C21H32N6O.HI/c1-16(2)20-24-19(28-25-20)8-9-23-21(22-4)27-12-10-26(11-13-27)15-18-7-5-6-17(3)14-18;/h5-7,14,16H,8-13,15H2,1-4H3,(H,22,23);1H. The Balaban J connectivity index is 0.00000300. The van der Waals surface area contributed by atoms with Crippen LogP contribution in [0.2, 0.25) is 0 Å². The molecule has 1 fully saturated rings. The molecule has 0 bridgehead atoms. The van der Waals surface area contributed by atoms with Crippen molar-refractivity contribution in [2.45, 2.75) is 39.7 Å². The van der Waals surface area contributed by atoms with Crippen molar-refractivity contribution in [3.63, 3.8) is 0 Å². The third-order valence-corrected chi connectivity index (χ3v) is 4.99. The number of piperazine rings is 1. The van der Waals surface area contributed by atoms with Gasteiger partial charge in [-0.1, -0.05) is 48.8 Å². The molecule has 8 heteroatoms. The molecule has 0 spiro atoms. The SMILES string of the molecule is CN=C(NCCc1nc(C(C)C)no1)N1CCN(Cc2cccc(C)c2)CC1.I. The highest BCUT2D eigenvalue weighted by molar-refractivity contribution is 14.0. The summed E-state index contributed by atoms with van der Waals surface area (Å²) in [5.41, 5.74) is 2.71. The van der Waals surface area contributed by atoms with Gasteiger partial charge in [0.05, 0.1) is 0 Å². The van der Waals surface area contributed by atoms with Crippen LogP contribution in [0.5, 0.6) is 0 Å². The Morgan fingerprint density at radius 1 is 1.24 bits per heavy atom. The molecule has 2 heterocycles. The van der Waals surface area contributed by atoms with E-state index in [0.29, 0.717) is 12.3 Å². The number of hydrogen-bond acceptors (Lipinski definition) is 5. The van der Waals surface area contributed by atoms with Crippen LogP contribution in [0.25, 0.3) is 0 Å². The molecular formula is C21H33IN6O. The molecule has 0 amide bonds. The maximum atomic E-state index is 5.30. The zero-order valence-corrected chi connectivity index (χ0v) is 20.2. The minimum Gasteiger partial charge on any atom is -0.356 e. The number of nitrogens with one attached hydrogen (secondary N) is 1. The average molecular weight is 512 g/mol. The van der Waals surface area contributed by atoms with Crippen LogP contribution in [-0.2, 0) is 13.0 Å². The zero-order valence-electron chi connectivity index (χ0n) is 17.9. The topological polar surface area (TPSA) is 69.8 Å². The van der Waals surface area contributed by atoms with E-state index in [-0.39, 0.29) is 29.9 Å². The molecule has 1 N–H and O–H groups in total. The summed E-state index contributed by atoms with van der Waals surface area (Å²) in [6.45, 7) is 12.0. The lowest BCUT2D eigenvalue weighted by molar-refractivity contribution is 0.172. The lowest BCUT2D eigenvalue weighted by Crippen LogP contribution is -2.52. The summed E-state index contributed by atoms with van der Waals surface area (Å²) in [5, 5.41) is 7.44. The molecule has 1 aromatic heterocycles. The molecule has 160 valence electrons. The summed E-state index contributed by atoms with van der Waals surface area (Å²) in [4.78, 5) is 13.7. The van der Waals surface area contributed by atoms with Crippen molar-refractivity contribution >= 4 is 29.9 Å². The van der Waals surface area contributed by atoms with Gasteiger partial charge < -0.3 is 14.7 Å². The summed E-state index contributed by atoms with van der Waals surface area (Å²) in [6.07, 6.45) is 0.700. The van der Waals surface area contributed by atoms with Gasteiger partial charge in [-0.25, -0.2) is 0 Å². The predicted octanol–water partition coefficient (Wildman–Crippen LogP) is 3.06. The normalized spacial score (nSPS) is 15.5. The first kappa shape index (κ1) is 23.6. The fourth-order valence-electron chi connectivity index (χ4n) is 3.40. The van der Waals surface area contributed by atoms with Crippen LogP contribution in [0.15, 0.2) is 33.8 Å². The first-order chi connectivity index (χ1) is 13.5. The quantitative estimate of drug-likeness (QED) is 0.365. The van der Waals surface area contributed by atoms with Crippen LogP contribution in [0, 0.1) is 6.92 Å². The fraction of sp³-hybridized carbons (Fsp3) is 0.571. The highest BCUT2D eigenvalue weighted by Crippen LogP contribution is 2.11. The first-order valence-electron chi connectivity index (χ1n) is 10.1. The van der Waals surface area contributed by atoms with Crippen molar-refractivity contribution in [2.75, 3.05) is 39.8 Å². The number of guanidine groups is 1. The van der Waals surface area contributed by atoms with Crippen LogP contribution in [0.4, 0.5) is 0 Å². The summed E-state index contributed by atoms with van der Waals surface area (Å²) in [6, 6.07) is 8.77. The molecule has 7 nitrogen and oxygen atoms in total. The van der Waals surface area contributed by atoms with Gasteiger partial charge in [-0.15, -0.1) is 24.0 Å². The predicted molar refractivity (Wildman–Crippen MR) is 127 cm³/mol. The van der Waals surface area contributed by atoms with Crippen molar-refractivity contribution in [3.05, 3.63) is 47.1 Å². The Hall–Kier alpha value is -1.68. The molecule has 2 aromatic rings. The van der Waals surface area contributed by atoms with E-state index in [1.165, 1.54) is 11.1 Å². The molecule has 29 heavy (non-hydrogen) atoms. The van der Waals surface area contributed by atoms with Gasteiger partial charge >= 0.3 is 0 Å². The number of hydrogen-bond donors (Lipinski definition) is 1. The molecule has 1 saturated heterocycles. The molecule has 0 atom stereocenters. The van der Waals surface area contributed by atoms with Gasteiger partial charge in [-0.3, -0.25) is 9.89 Å². The largest absolute Gasteiger partial charge is 0.356 e. The van der Waals surface area contributed by atoms with E-state index in [0.717, 1.165) is 51.1 Å². The average Bonchev–Trinajstić information content (AvgIpc) is 3.15. The summed E-state index contributed by atoms with van der Waals surface area (Å²) in [7, 11) is 1.84. The van der Waals surface area contributed by atoms with Gasteiger partial charge in [0, 0.05) is 58.7 Å². The van der Waals surface area contributed by atoms with E-state index in [1.807, 2.05) is 7.05 Å². The maximum absolute atomic E-state index is 5.30. The van der Waals surface area contributed by atoms with E-state index in [9.17, 15) is 0 Å². The van der Waals surface area contributed by atoms with Gasteiger partial charge in [-0.05, 0) is 12.5 Å². The minimum atomic E-state index is 0. The number of aliphatic imine (C=N–C) groups is 1. The van der Waals surface area contributed by atoms with Crippen LogP contribution >= 0.6 is 24.0 Å². The van der Waals surface area contributed by atoms with Gasteiger partial charge in [0.2, 0.25) is 5.89 Å². The number of aromatic nitrogens is 2. The molecule has 1 aliphatic rings. The van der Waals surface area contributed by atoms with Crippen molar-refractivity contribution in [1.82, 2.24) is 25.3 Å². The molecule has 0 aliphatic carbocycles. The highest BCUT2D eigenvalue weighted by atomic mass is 127. The molecule has 1 aliphatic heterocycles. The Bertz CT molecular complexity index is 783. The summed E-state index contributed by atoms with van der Waals surface area (Å²) >= 11 is 0. The molecule has 1 aromatic carbocycles. The molecular weight excluding hydrogens is 479 g/mol. The van der Waals surface area contributed by atoms with E-state index in [4.69, 9.17) is 4.52 Å². The molecule has 0 radical (unpaired) electrons.